The summed E-state index contributed by atoms with van der Waals surface area (Å²) < 4.78 is 1.78. The average Bonchev–Trinajstić information content (AvgIpc) is 2.77. The molecule has 0 aromatic carbocycles. The highest BCUT2D eigenvalue weighted by molar-refractivity contribution is 5.24. The molecule has 0 fully saturated rings. The Hall–Kier alpha value is -2.22. The van der Waals surface area contributed by atoms with Gasteiger partial charge in [-0.1, -0.05) is 6.92 Å². The van der Waals surface area contributed by atoms with Gasteiger partial charge in [0, 0.05) is 25.0 Å². The second-order valence-electron chi connectivity index (χ2n) is 2.92. The molecule has 2 heterocycles. The van der Waals surface area contributed by atoms with Crippen LogP contribution in [0.25, 0.3) is 5.95 Å². The SMILES string of the molecule is CCc1nccn1-c1nccc(C#N)n1. The number of hydrogen-bond acceptors (Lipinski definition) is 4. The predicted molar refractivity (Wildman–Crippen MR) is 53.2 cm³/mol. The number of rotatable bonds is 2. The smallest absolute Gasteiger partial charge is 0.236 e. The van der Waals surface area contributed by atoms with Crippen LogP contribution in [0.4, 0.5) is 0 Å². The van der Waals surface area contributed by atoms with Gasteiger partial charge in [-0.2, -0.15) is 5.26 Å². The van der Waals surface area contributed by atoms with Crippen molar-refractivity contribution in [2.24, 2.45) is 0 Å². The van der Waals surface area contributed by atoms with E-state index in [2.05, 4.69) is 15.0 Å². The summed E-state index contributed by atoms with van der Waals surface area (Å²) in [5.41, 5.74) is 0.357. The van der Waals surface area contributed by atoms with Gasteiger partial charge in [0.2, 0.25) is 5.95 Å². The molecule has 0 spiro atoms. The van der Waals surface area contributed by atoms with Crippen LogP contribution in [0.15, 0.2) is 24.7 Å². The van der Waals surface area contributed by atoms with Crippen molar-refractivity contribution in [2.75, 3.05) is 0 Å². The molecule has 0 radical (unpaired) electrons. The zero-order valence-electron chi connectivity index (χ0n) is 8.25. The summed E-state index contributed by atoms with van der Waals surface area (Å²) in [6.07, 6.45) is 5.85. The second kappa shape index (κ2) is 3.88. The molecule has 0 aliphatic rings. The Morgan fingerprint density at radius 2 is 2.27 bits per heavy atom. The van der Waals surface area contributed by atoms with Gasteiger partial charge in [-0.05, 0) is 6.07 Å². The van der Waals surface area contributed by atoms with Gasteiger partial charge in [0.1, 0.15) is 17.6 Å². The first-order valence-electron chi connectivity index (χ1n) is 4.61. The summed E-state index contributed by atoms with van der Waals surface area (Å²) >= 11 is 0. The monoisotopic (exact) mass is 199 g/mol. The van der Waals surface area contributed by atoms with Crippen LogP contribution in [0, 0.1) is 11.3 Å². The molecule has 2 rings (SSSR count). The van der Waals surface area contributed by atoms with Gasteiger partial charge < -0.3 is 0 Å². The van der Waals surface area contributed by atoms with Gasteiger partial charge in [0.25, 0.3) is 0 Å². The van der Waals surface area contributed by atoms with Crippen LogP contribution >= 0.6 is 0 Å². The van der Waals surface area contributed by atoms with E-state index in [4.69, 9.17) is 5.26 Å². The minimum atomic E-state index is 0.357. The molecule has 2 aromatic heterocycles. The van der Waals surface area contributed by atoms with Gasteiger partial charge in [0.15, 0.2) is 0 Å². The van der Waals surface area contributed by atoms with E-state index in [0.29, 0.717) is 11.6 Å². The first-order valence-corrected chi connectivity index (χ1v) is 4.61. The fourth-order valence-electron chi connectivity index (χ4n) is 1.30. The number of nitriles is 1. The summed E-state index contributed by atoms with van der Waals surface area (Å²) in [5.74, 6) is 1.37. The summed E-state index contributed by atoms with van der Waals surface area (Å²) in [6, 6.07) is 3.56. The molecular weight excluding hydrogens is 190 g/mol. The minimum Gasteiger partial charge on any atom is -0.272 e. The number of imidazole rings is 1. The number of hydrogen-bond donors (Lipinski definition) is 0. The highest BCUT2D eigenvalue weighted by Gasteiger charge is 2.05. The van der Waals surface area contributed by atoms with Crippen molar-refractivity contribution in [2.45, 2.75) is 13.3 Å². The van der Waals surface area contributed by atoms with Gasteiger partial charge in [0.05, 0.1) is 0 Å². The lowest BCUT2D eigenvalue weighted by atomic mass is 10.4. The first-order chi connectivity index (χ1) is 7.35. The fourth-order valence-corrected chi connectivity index (χ4v) is 1.30. The summed E-state index contributed by atoms with van der Waals surface area (Å²) in [6.45, 7) is 2.01. The number of aryl methyl sites for hydroxylation is 1. The van der Waals surface area contributed by atoms with Crippen LogP contribution < -0.4 is 0 Å². The fraction of sp³-hybridized carbons (Fsp3) is 0.200. The average molecular weight is 199 g/mol. The molecule has 0 aliphatic heterocycles. The summed E-state index contributed by atoms with van der Waals surface area (Å²) in [7, 11) is 0. The van der Waals surface area contributed by atoms with Crippen LogP contribution in [0.3, 0.4) is 0 Å². The maximum absolute atomic E-state index is 8.72. The van der Waals surface area contributed by atoms with E-state index < -0.39 is 0 Å². The van der Waals surface area contributed by atoms with E-state index in [1.165, 1.54) is 0 Å². The Morgan fingerprint density at radius 1 is 1.40 bits per heavy atom. The molecular formula is C10H9N5. The van der Waals surface area contributed by atoms with Gasteiger partial charge in [-0.25, -0.2) is 15.0 Å². The molecule has 2 aromatic rings. The number of aromatic nitrogens is 4. The van der Waals surface area contributed by atoms with Gasteiger partial charge >= 0.3 is 0 Å². The lowest BCUT2D eigenvalue weighted by Crippen LogP contribution is -2.04. The van der Waals surface area contributed by atoms with Crippen molar-refractivity contribution < 1.29 is 0 Å². The molecule has 0 amide bonds. The summed E-state index contributed by atoms with van der Waals surface area (Å²) in [5, 5.41) is 8.72. The van der Waals surface area contributed by atoms with Crippen molar-refractivity contribution in [3.8, 4) is 12.0 Å². The molecule has 5 nitrogen and oxygen atoms in total. The Bertz CT molecular complexity index is 509. The zero-order chi connectivity index (χ0) is 10.7. The molecule has 0 unspecified atom stereocenters. The molecule has 0 bridgehead atoms. The normalized spacial score (nSPS) is 9.87. The van der Waals surface area contributed by atoms with Crippen LogP contribution in [-0.4, -0.2) is 19.5 Å². The zero-order valence-corrected chi connectivity index (χ0v) is 8.25. The minimum absolute atomic E-state index is 0.357. The van der Waals surface area contributed by atoms with Crippen molar-refractivity contribution in [1.29, 1.82) is 5.26 Å². The maximum Gasteiger partial charge on any atom is 0.236 e. The second-order valence-corrected chi connectivity index (χ2v) is 2.92. The third-order valence-corrected chi connectivity index (χ3v) is 2.01. The van der Waals surface area contributed by atoms with E-state index in [0.717, 1.165) is 12.2 Å². The largest absolute Gasteiger partial charge is 0.272 e. The molecule has 0 saturated heterocycles. The molecule has 0 N–H and O–H groups in total. The third kappa shape index (κ3) is 1.70. The van der Waals surface area contributed by atoms with E-state index in [-0.39, 0.29) is 0 Å². The van der Waals surface area contributed by atoms with Crippen molar-refractivity contribution in [3.05, 3.63) is 36.2 Å². The van der Waals surface area contributed by atoms with Crippen LogP contribution in [-0.2, 0) is 6.42 Å². The lowest BCUT2D eigenvalue weighted by molar-refractivity contribution is 0.833. The quantitative estimate of drug-likeness (QED) is 0.726. The summed E-state index contributed by atoms with van der Waals surface area (Å²) in [4.78, 5) is 12.4. The van der Waals surface area contributed by atoms with Gasteiger partial charge in [-0.15, -0.1) is 0 Å². The molecule has 0 saturated carbocycles. The Balaban J connectivity index is 2.50. The van der Waals surface area contributed by atoms with E-state index in [9.17, 15) is 0 Å². The molecule has 0 atom stereocenters. The van der Waals surface area contributed by atoms with Crippen molar-refractivity contribution in [3.63, 3.8) is 0 Å². The topological polar surface area (TPSA) is 67.4 Å². The molecule has 74 valence electrons. The van der Waals surface area contributed by atoms with Crippen molar-refractivity contribution >= 4 is 0 Å². The molecule has 15 heavy (non-hydrogen) atoms. The highest BCUT2D eigenvalue weighted by atomic mass is 15.2. The first kappa shape index (κ1) is 9.34. The Morgan fingerprint density at radius 3 is 3.00 bits per heavy atom. The van der Waals surface area contributed by atoms with Gasteiger partial charge in [-0.3, -0.25) is 4.57 Å². The number of nitrogens with zero attached hydrogens (tertiary/aromatic N) is 5. The predicted octanol–water partition coefficient (Wildman–Crippen LogP) is 1.10. The lowest BCUT2D eigenvalue weighted by Gasteiger charge is -2.03. The highest BCUT2D eigenvalue weighted by Crippen LogP contribution is 2.06. The van der Waals surface area contributed by atoms with E-state index in [1.807, 2.05) is 13.0 Å². The van der Waals surface area contributed by atoms with E-state index >= 15 is 0 Å². The van der Waals surface area contributed by atoms with Crippen molar-refractivity contribution in [1.82, 2.24) is 19.5 Å². The maximum atomic E-state index is 8.72. The molecule has 5 heteroatoms. The van der Waals surface area contributed by atoms with Crippen LogP contribution in [0.2, 0.25) is 0 Å². The Labute approximate surface area is 87.1 Å². The standard InChI is InChI=1S/C10H9N5/c1-2-9-12-5-6-15(9)10-13-4-3-8(7-11)14-10/h3-6H,2H2,1H3. The molecule has 0 aliphatic carbocycles. The Kier molecular flexibility index (Phi) is 2.42. The van der Waals surface area contributed by atoms with Crippen LogP contribution in [0.5, 0.6) is 0 Å². The van der Waals surface area contributed by atoms with Crippen LogP contribution in [0.1, 0.15) is 18.4 Å². The van der Waals surface area contributed by atoms with E-state index in [1.54, 1.807) is 29.2 Å². The third-order valence-electron chi connectivity index (χ3n) is 2.01.